The van der Waals surface area contributed by atoms with E-state index in [1.54, 1.807) is 11.3 Å². The van der Waals surface area contributed by atoms with Crippen molar-refractivity contribution in [3.05, 3.63) is 52.2 Å². The van der Waals surface area contributed by atoms with Crippen LogP contribution in [-0.2, 0) is 6.54 Å². The van der Waals surface area contributed by atoms with Crippen LogP contribution in [0, 0.1) is 0 Å². The van der Waals surface area contributed by atoms with Crippen LogP contribution in [0.1, 0.15) is 11.1 Å². The van der Waals surface area contributed by atoms with Crippen molar-refractivity contribution in [3.63, 3.8) is 0 Å². The summed E-state index contributed by atoms with van der Waals surface area (Å²) in [7, 11) is 0. The Balaban J connectivity index is 1.99. The highest BCUT2D eigenvalue weighted by Crippen LogP contribution is 2.13. The fourth-order valence-electron chi connectivity index (χ4n) is 1.42. The number of hydrogen-bond acceptors (Lipinski definition) is 4. The maximum atomic E-state index is 8.54. The highest BCUT2D eigenvalue weighted by molar-refractivity contribution is 7.08. The second kappa shape index (κ2) is 5.36. The zero-order valence-electron chi connectivity index (χ0n) is 9.13. The van der Waals surface area contributed by atoms with E-state index in [1.165, 1.54) is 0 Å². The lowest BCUT2D eigenvalue weighted by molar-refractivity contribution is 0.318. The van der Waals surface area contributed by atoms with Crippen molar-refractivity contribution in [2.75, 3.05) is 5.32 Å². The summed E-state index contributed by atoms with van der Waals surface area (Å²) in [4.78, 5) is 0. The van der Waals surface area contributed by atoms with Gasteiger partial charge in [0.15, 0.2) is 5.84 Å². The molecule has 1 heterocycles. The van der Waals surface area contributed by atoms with Crippen LogP contribution >= 0.6 is 11.3 Å². The van der Waals surface area contributed by atoms with Gasteiger partial charge in [-0.15, -0.1) is 0 Å². The molecule has 0 saturated heterocycles. The van der Waals surface area contributed by atoms with Gasteiger partial charge in [0.1, 0.15) is 0 Å². The highest BCUT2D eigenvalue weighted by Gasteiger charge is 1.99. The minimum absolute atomic E-state index is 0.127. The number of rotatable bonds is 4. The number of oxime groups is 1. The van der Waals surface area contributed by atoms with Gasteiger partial charge >= 0.3 is 0 Å². The molecular weight excluding hydrogens is 234 g/mol. The first-order valence-corrected chi connectivity index (χ1v) is 6.07. The SMILES string of the molecule is NC(=NO)c1ccc(CNc2ccsc2)cc1. The fraction of sp³-hybridized carbons (Fsp3) is 0.0833. The average molecular weight is 247 g/mol. The van der Waals surface area contributed by atoms with Gasteiger partial charge in [0.05, 0.1) is 0 Å². The number of nitrogens with zero attached hydrogens (tertiary/aromatic N) is 1. The van der Waals surface area contributed by atoms with Crippen LogP contribution in [0.15, 0.2) is 46.2 Å². The van der Waals surface area contributed by atoms with Gasteiger partial charge in [-0.3, -0.25) is 0 Å². The molecule has 4 nitrogen and oxygen atoms in total. The number of nitrogens with one attached hydrogen (secondary N) is 1. The Kier molecular flexibility index (Phi) is 3.62. The Labute approximate surface area is 103 Å². The molecular formula is C12H13N3OS. The lowest BCUT2D eigenvalue weighted by Crippen LogP contribution is -2.12. The van der Waals surface area contributed by atoms with Gasteiger partial charge in [0.2, 0.25) is 0 Å². The van der Waals surface area contributed by atoms with Crippen molar-refractivity contribution < 1.29 is 5.21 Å². The molecule has 2 aromatic rings. The second-order valence-corrected chi connectivity index (χ2v) is 4.33. The minimum Gasteiger partial charge on any atom is -0.409 e. The molecule has 4 N–H and O–H groups in total. The predicted molar refractivity (Wildman–Crippen MR) is 70.6 cm³/mol. The lowest BCUT2D eigenvalue weighted by atomic mass is 10.1. The molecule has 0 amide bonds. The zero-order chi connectivity index (χ0) is 12.1. The Morgan fingerprint density at radius 1 is 1.29 bits per heavy atom. The Hall–Kier alpha value is -2.01. The summed E-state index contributed by atoms with van der Waals surface area (Å²) in [5.74, 6) is 0.127. The smallest absolute Gasteiger partial charge is 0.170 e. The number of thiophene rings is 1. The molecule has 0 aliphatic rings. The lowest BCUT2D eigenvalue weighted by Gasteiger charge is -2.05. The van der Waals surface area contributed by atoms with Crippen LogP contribution in [0.5, 0.6) is 0 Å². The first kappa shape index (κ1) is 11.5. The Morgan fingerprint density at radius 3 is 2.65 bits per heavy atom. The Morgan fingerprint density at radius 2 is 2.06 bits per heavy atom. The second-order valence-electron chi connectivity index (χ2n) is 3.55. The normalized spacial score (nSPS) is 11.4. The van der Waals surface area contributed by atoms with Crippen molar-refractivity contribution in [1.82, 2.24) is 0 Å². The van der Waals surface area contributed by atoms with E-state index < -0.39 is 0 Å². The topological polar surface area (TPSA) is 70.6 Å². The summed E-state index contributed by atoms with van der Waals surface area (Å²) < 4.78 is 0. The first-order valence-electron chi connectivity index (χ1n) is 5.12. The summed E-state index contributed by atoms with van der Waals surface area (Å²) in [6.45, 7) is 0.757. The van der Waals surface area contributed by atoms with E-state index in [-0.39, 0.29) is 5.84 Å². The monoisotopic (exact) mass is 247 g/mol. The molecule has 0 saturated carbocycles. The van der Waals surface area contributed by atoms with Crippen LogP contribution in [0.4, 0.5) is 5.69 Å². The Bertz CT molecular complexity index is 491. The zero-order valence-corrected chi connectivity index (χ0v) is 9.95. The predicted octanol–water partition coefficient (Wildman–Crippen LogP) is 2.45. The third-order valence-corrected chi connectivity index (χ3v) is 3.06. The molecule has 0 fully saturated rings. The molecule has 0 radical (unpaired) electrons. The number of amidine groups is 1. The molecule has 1 aromatic heterocycles. The fourth-order valence-corrected chi connectivity index (χ4v) is 2.03. The van der Waals surface area contributed by atoms with Gasteiger partial charge in [0, 0.05) is 23.2 Å². The van der Waals surface area contributed by atoms with Gasteiger partial charge in [-0.25, -0.2) is 0 Å². The highest BCUT2D eigenvalue weighted by atomic mass is 32.1. The molecule has 88 valence electrons. The maximum Gasteiger partial charge on any atom is 0.170 e. The van der Waals surface area contributed by atoms with Crippen LogP contribution in [0.2, 0.25) is 0 Å². The van der Waals surface area contributed by atoms with E-state index in [1.807, 2.05) is 35.7 Å². The van der Waals surface area contributed by atoms with Crippen LogP contribution in [0.3, 0.4) is 0 Å². The summed E-state index contributed by atoms with van der Waals surface area (Å²) in [6.07, 6.45) is 0. The summed E-state index contributed by atoms with van der Waals surface area (Å²) in [5, 5.41) is 18.9. The summed E-state index contributed by atoms with van der Waals surface area (Å²) in [6, 6.07) is 9.61. The van der Waals surface area contributed by atoms with E-state index >= 15 is 0 Å². The van der Waals surface area contributed by atoms with Gasteiger partial charge in [-0.1, -0.05) is 29.4 Å². The van der Waals surface area contributed by atoms with Gasteiger partial charge < -0.3 is 16.3 Å². The third kappa shape index (κ3) is 2.98. The van der Waals surface area contributed by atoms with Gasteiger partial charge in [-0.2, -0.15) is 11.3 Å². The average Bonchev–Trinajstić information content (AvgIpc) is 2.89. The molecule has 0 spiro atoms. The number of benzene rings is 1. The van der Waals surface area contributed by atoms with Crippen molar-refractivity contribution in [3.8, 4) is 0 Å². The minimum atomic E-state index is 0.127. The van der Waals surface area contributed by atoms with Gasteiger partial charge in [-0.05, 0) is 17.0 Å². The molecule has 0 bridgehead atoms. The number of anilines is 1. The molecule has 2 rings (SSSR count). The van der Waals surface area contributed by atoms with Crippen molar-refractivity contribution >= 4 is 22.9 Å². The summed E-state index contributed by atoms with van der Waals surface area (Å²) >= 11 is 1.66. The maximum absolute atomic E-state index is 8.54. The van der Waals surface area contributed by atoms with Crippen molar-refractivity contribution in [2.45, 2.75) is 6.54 Å². The molecule has 0 aliphatic heterocycles. The molecule has 0 aliphatic carbocycles. The van der Waals surface area contributed by atoms with Crippen molar-refractivity contribution in [1.29, 1.82) is 0 Å². The van der Waals surface area contributed by atoms with E-state index in [2.05, 4.69) is 15.9 Å². The van der Waals surface area contributed by atoms with Crippen molar-refractivity contribution in [2.24, 2.45) is 10.9 Å². The largest absolute Gasteiger partial charge is 0.409 e. The van der Waals surface area contributed by atoms with Gasteiger partial charge in [0.25, 0.3) is 0 Å². The standard InChI is InChI=1S/C12H13N3OS/c13-12(15-16)10-3-1-9(2-4-10)7-14-11-5-6-17-8-11/h1-6,8,14,16H,7H2,(H2,13,15). The van der Waals surface area contributed by atoms with Crippen LogP contribution in [0.25, 0.3) is 0 Å². The number of hydrogen-bond donors (Lipinski definition) is 3. The van der Waals surface area contributed by atoms with Crippen LogP contribution < -0.4 is 11.1 Å². The summed E-state index contributed by atoms with van der Waals surface area (Å²) in [5.41, 5.74) is 8.46. The van der Waals surface area contributed by atoms with Crippen LogP contribution in [-0.4, -0.2) is 11.0 Å². The number of nitrogens with two attached hydrogens (primary N) is 1. The molecule has 5 heteroatoms. The van der Waals surface area contributed by atoms with E-state index in [0.717, 1.165) is 17.8 Å². The van der Waals surface area contributed by atoms with E-state index in [0.29, 0.717) is 5.56 Å². The first-order chi connectivity index (χ1) is 8.29. The quantitative estimate of drug-likeness (QED) is 0.336. The van der Waals surface area contributed by atoms with E-state index in [4.69, 9.17) is 10.9 Å². The third-order valence-electron chi connectivity index (χ3n) is 2.38. The molecule has 17 heavy (non-hydrogen) atoms. The molecule has 0 atom stereocenters. The van der Waals surface area contributed by atoms with E-state index in [9.17, 15) is 0 Å². The molecule has 1 aromatic carbocycles. The molecule has 0 unspecified atom stereocenters.